The molecule has 0 aliphatic heterocycles. The summed E-state index contributed by atoms with van der Waals surface area (Å²) in [4.78, 5) is 44.7. The van der Waals surface area contributed by atoms with E-state index >= 15 is 0 Å². The SMILES string of the molecule is NC(=O)C(C(=O)Nc1ccc2ncnc(Nc3ccc(OCc4cccc(F)c4)c(Cl)c3)c2c1)n1cc(C(=O)O)cn1. The molecule has 5 N–H and O–H groups in total. The Kier molecular flexibility index (Phi) is 7.93. The molecule has 212 valence electrons. The van der Waals surface area contributed by atoms with E-state index in [0.717, 1.165) is 17.1 Å². The fraction of sp³-hybridized carbons (Fsp3) is 0.0714. The standard InChI is InChI=1S/C28H21ClFN7O5/c29-21-10-19(5-7-23(21)42-13-15-2-1-3-17(30)8-15)35-26-20-9-18(4-6-22(20)32-14-33-26)36-27(39)24(25(31)38)37-12-16(11-34-37)28(40)41/h1-12,14,24H,13H2,(H2,31,38)(H,36,39)(H,40,41)(H,32,33,35). The van der Waals surface area contributed by atoms with Gasteiger partial charge in [0.25, 0.3) is 11.8 Å². The molecule has 2 amide bonds. The molecule has 14 heteroatoms. The van der Waals surface area contributed by atoms with Gasteiger partial charge in [-0.15, -0.1) is 0 Å². The molecule has 0 saturated carbocycles. The van der Waals surface area contributed by atoms with E-state index in [-0.39, 0.29) is 18.0 Å². The number of aromatic nitrogens is 4. The van der Waals surface area contributed by atoms with Crippen LogP contribution in [0, 0.1) is 5.82 Å². The van der Waals surface area contributed by atoms with Gasteiger partial charge in [-0.3, -0.25) is 9.59 Å². The van der Waals surface area contributed by atoms with Crippen molar-refractivity contribution in [3.05, 3.63) is 101 Å². The fourth-order valence-electron chi connectivity index (χ4n) is 4.03. The van der Waals surface area contributed by atoms with Crippen LogP contribution in [-0.2, 0) is 16.2 Å². The Bertz CT molecular complexity index is 1830. The minimum absolute atomic E-state index is 0.132. The number of carbonyl (C=O) groups excluding carboxylic acids is 2. The van der Waals surface area contributed by atoms with Gasteiger partial charge in [0.2, 0.25) is 6.04 Å². The number of benzene rings is 3. The summed E-state index contributed by atoms with van der Waals surface area (Å²) in [6, 6.07) is 14.3. The third-order valence-corrected chi connectivity index (χ3v) is 6.31. The van der Waals surface area contributed by atoms with Gasteiger partial charge in [-0.2, -0.15) is 5.10 Å². The highest BCUT2D eigenvalue weighted by Crippen LogP contribution is 2.31. The Morgan fingerprint density at radius 1 is 1.07 bits per heavy atom. The molecule has 12 nitrogen and oxygen atoms in total. The Balaban J connectivity index is 1.34. The molecule has 2 aromatic heterocycles. The summed E-state index contributed by atoms with van der Waals surface area (Å²) in [7, 11) is 0. The molecule has 0 saturated heterocycles. The summed E-state index contributed by atoms with van der Waals surface area (Å²) in [6.45, 7) is 0.132. The van der Waals surface area contributed by atoms with Crippen molar-refractivity contribution in [1.29, 1.82) is 0 Å². The zero-order valence-corrected chi connectivity index (χ0v) is 22.2. The number of nitrogens with zero attached hydrogens (tertiary/aromatic N) is 4. The quantitative estimate of drug-likeness (QED) is 0.173. The predicted molar refractivity (Wildman–Crippen MR) is 151 cm³/mol. The van der Waals surface area contributed by atoms with E-state index in [9.17, 15) is 18.8 Å². The Morgan fingerprint density at radius 2 is 1.88 bits per heavy atom. The summed E-state index contributed by atoms with van der Waals surface area (Å²) in [5.41, 5.74) is 7.28. The second-order valence-corrected chi connectivity index (χ2v) is 9.36. The number of fused-ring (bicyclic) bond motifs is 1. The van der Waals surface area contributed by atoms with Gasteiger partial charge in [-0.05, 0) is 54.1 Å². The van der Waals surface area contributed by atoms with E-state index < -0.39 is 23.8 Å². The van der Waals surface area contributed by atoms with Crippen molar-refractivity contribution in [2.45, 2.75) is 12.6 Å². The van der Waals surface area contributed by atoms with Crippen LogP contribution >= 0.6 is 11.6 Å². The molecular weight excluding hydrogens is 569 g/mol. The first-order valence-electron chi connectivity index (χ1n) is 12.2. The fourth-order valence-corrected chi connectivity index (χ4v) is 4.27. The molecule has 3 aromatic carbocycles. The molecule has 0 radical (unpaired) electrons. The zero-order valence-electron chi connectivity index (χ0n) is 21.5. The molecule has 5 aromatic rings. The predicted octanol–water partition coefficient (Wildman–Crippen LogP) is 4.30. The van der Waals surface area contributed by atoms with Gasteiger partial charge in [0.15, 0.2) is 0 Å². The number of halogens is 2. The van der Waals surface area contributed by atoms with E-state index in [1.807, 2.05) is 0 Å². The maximum Gasteiger partial charge on any atom is 0.338 e. The highest BCUT2D eigenvalue weighted by Gasteiger charge is 2.28. The number of nitrogens with one attached hydrogen (secondary N) is 2. The molecule has 0 aliphatic rings. The summed E-state index contributed by atoms with van der Waals surface area (Å²) in [6.07, 6.45) is 3.41. The lowest BCUT2D eigenvalue weighted by molar-refractivity contribution is -0.129. The number of carboxylic acids is 1. The number of nitrogens with two attached hydrogens (primary N) is 1. The lowest BCUT2D eigenvalue weighted by Crippen LogP contribution is -2.37. The smallest absolute Gasteiger partial charge is 0.338 e. The summed E-state index contributed by atoms with van der Waals surface area (Å²) in [5.74, 6) is -2.69. The summed E-state index contributed by atoms with van der Waals surface area (Å²) >= 11 is 6.42. The Hall–Kier alpha value is -5.56. The third kappa shape index (κ3) is 6.26. The molecular formula is C28H21ClFN7O5. The first-order chi connectivity index (χ1) is 20.2. The topological polar surface area (TPSA) is 174 Å². The van der Waals surface area contributed by atoms with Crippen LogP contribution in [0.4, 0.5) is 21.6 Å². The monoisotopic (exact) mass is 589 g/mol. The first-order valence-corrected chi connectivity index (χ1v) is 12.6. The molecule has 2 heterocycles. The number of primary amides is 1. The van der Waals surface area contributed by atoms with Crippen LogP contribution in [0.15, 0.2) is 79.4 Å². The van der Waals surface area contributed by atoms with Crippen molar-refractivity contribution in [2.24, 2.45) is 5.73 Å². The van der Waals surface area contributed by atoms with Crippen LogP contribution < -0.4 is 21.1 Å². The maximum absolute atomic E-state index is 13.4. The highest BCUT2D eigenvalue weighted by atomic mass is 35.5. The molecule has 0 bridgehead atoms. The van der Waals surface area contributed by atoms with Crippen LogP contribution in [0.3, 0.4) is 0 Å². The molecule has 0 spiro atoms. The van der Waals surface area contributed by atoms with Gasteiger partial charge < -0.3 is 26.2 Å². The number of aromatic carboxylic acids is 1. The van der Waals surface area contributed by atoms with Gasteiger partial charge in [0.1, 0.15) is 30.3 Å². The second kappa shape index (κ2) is 11.9. The number of anilines is 3. The number of hydrogen-bond donors (Lipinski definition) is 4. The van der Waals surface area contributed by atoms with Gasteiger partial charge in [-0.25, -0.2) is 23.8 Å². The lowest BCUT2D eigenvalue weighted by atomic mass is 10.2. The minimum atomic E-state index is -1.60. The van der Waals surface area contributed by atoms with Gasteiger partial charge in [0, 0.05) is 23.0 Å². The van der Waals surface area contributed by atoms with Crippen LogP contribution in [-0.4, -0.2) is 42.6 Å². The summed E-state index contributed by atoms with van der Waals surface area (Å²) < 4.78 is 20.0. The van der Waals surface area contributed by atoms with Crippen LogP contribution in [0.5, 0.6) is 5.75 Å². The number of rotatable bonds is 10. The van der Waals surface area contributed by atoms with Gasteiger partial charge >= 0.3 is 5.97 Å². The van der Waals surface area contributed by atoms with Crippen LogP contribution in [0.2, 0.25) is 5.02 Å². The van der Waals surface area contributed by atoms with Crippen LogP contribution in [0.25, 0.3) is 10.9 Å². The summed E-state index contributed by atoms with van der Waals surface area (Å²) in [5, 5.41) is 19.5. The average molecular weight is 590 g/mol. The minimum Gasteiger partial charge on any atom is -0.487 e. The number of carbonyl (C=O) groups is 3. The van der Waals surface area contributed by atoms with Crippen molar-refractivity contribution in [1.82, 2.24) is 19.7 Å². The molecule has 0 fully saturated rings. The largest absolute Gasteiger partial charge is 0.487 e. The van der Waals surface area contributed by atoms with Gasteiger partial charge in [0.05, 0.1) is 22.3 Å². The first kappa shape index (κ1) is 28.0. The average Bonchev–Trinajstić information content (AvgIpc) is 3.43. The molecule has 1 unspecified atom stereocenters. The van der Waals surface area contributed by atoms with Crippen molar-refractivity contribution in [2.75, 3.05) is 10.6 Å². The van der Waals surface area contributed by atoms with Crippen molar-refractivity contribution in [3.8, 4) is 5.75 Å². The number of hydrogen-bond acceptors (Lipinski definition) is 8. The number of amides is 2. The normalized spacial score (nSPS) is 11.6. The van der Waals surface area contributed by atoms with E-state index in [2.05, 4.69) is 25.7 Å². The van der Waals surface area contributed by atoms with Crippen LogP contribution in [0.1, 0.15) is 22.0 Å². The Morgan fingerprint density at radius 3 is 2.60 bits per heavy atom. The highest BCUT2D eigenvalue weighted by molar-refractivity contribution is 6.32. The molecule has 42 heavy (non-hydrogen) atoms. The van der Waals surface area contributed by atoms with Crippen molar-refractivity contribution in [3.63, 3.8) is 0 Å². The van der Waals surface area contributed by atoms with Crippen molar-refractivity contribution >= 4 is 57.5 Å². The van der Waals surface area contributed by atoms with E-state index in [1.165, 1.54) is 18.5 Å². The third-order valence-electron chi connectivity index (χ3n) is 6.01. The van der Waals surface area contributed by atoms with E-state index in [0.29, 0.717) is 44.4 Å². The van der Waals surface area contributed by atoms with E-state index in [4.69, 9.17) is 27.2 Å². The van der Waals surface area contributed by atoms with Crippen molar-refractivity contribution < 1.29 is 28.6 Å². The number of carboxylic acid groups (broad SMARTS) is 1. The van der Waals surface area contributed by atoms with Gasteiger partial charge in [-0.1, -0.05) is 23.7 Å². The zero-order chi connectivity index (χ0) is 29.8. The Labute approximate surface area is 241 Å². The molecule has 5 rings (SSSR count). The maximum atomic E-state index is 13.4. The lowest BCUT2D eigenvalue weighted by Gasteiger charge is -2.15. The second-order valence-electron chi connectivity index (χ2n) is 8.95. The molecule has 1 atom stereocenters. The number of ether oxygens (including phenoxy) is 1. The molecule has 0 aliphatic carbocycles. The van der Waals surface area contributed by atoms with E-state index in [1.54, 1.807) is 48.5 Å².